The molecule has 2 aliphatic rings. The van der Waals surface area contributed by atoms with Gasteiger partial charge in [0.25, 0.3) is 5.91 Å². The lowest BCUT2D eigenvalue weighted by Gasteiger charge is -2.35. The van der Waals surface area contributed by atoms with E-state index in [1.807, 2.05) is 36.8 Å². The maximum absolute atomic E-state index is 12.9. The van der Waals surface area contributed by atoms with Crippen LogP contribution in [0.25, 0.3) is 0 Å². The monoisotopic (exact) mass is 492 g/mol. The largest absolute Gasteiger partial charge is 0.368 e. The number of amides is 2. The third kappa shape index (κ3) is 4.16. The number of hydrogen-bond acceptors (Lipinski definition) is 9. The standard InChI is InChI=1S/C24H28N8O2S/c1-14-12-17(32-10-8-31(9-11-32)16(3)33)6-7-18(14)27-24-25-13-19-21(28-24)30(5)23-20(22(34)29(19)4)26-15(2)35-23/h6-7,12-13H,8-11H2,1-5H3,(H,25,27,28). The normalized spacial score (nSPS) is 15.6. The van der Waals surface area contributed by atoms with Gasteiger partial charge in [-0.05, 0) is 37.6 Å². The lowest BCUT2D eigenvalue weighted by molar-refractivity contribution is -0.129. The van der Waals surface area contributed by atoms with E-state index >= 15 is 0 Å². The molecule has 4 heterocycles. The second kappa shape index (κ2) is 8.81. The molecule has 1 aromatic carbocycles. The van der Waals surface area contributed by atoms with Crippen molar-refractivity contribution in [1.82, 2.24) is 19.9 Å². The first kappa shape index (κ1) is 23.0. The number of rotatable bonds is 3. The number of carbonyl (C=O) groups excluding carboxylic acids is 2. The number of thiazole rings is 1. The van der Waals surface area contributed by atoms with Crippen molar-refractivity contribution in [2.24, 2.45) is 0 Å². The van der Waals surface area contributed by atoms with Crippen LogP contribution in [0.3, 0.4) is 0 Å². The number of aromatic nitrogens is 3. The SMILES string of the molecule is CC(=O)N1CCN(c2ccc(Nc3ncc4c(n3)N(C)c3sc(C)nc3C(=O)N4C)c(C)c2)CC1. The van der Waals surface area contributed by atoms with Gasteiger partial charge in [0.1, 0.15) is 10.7 Å². The number of benzene rings is 1. The molecule has 0 aliphatic carbocycles. The van der Waals surface area contributed by atoms with E-state index in [0.717, 1.165) is 53.1 Å². The van der Waals surface area contributed by atoms with Crippen LogP contribution < -0.4 is 20.0 Å². The van der Waals surface area contributed by atoms with Gasteiger partial charge in [0, 0.05) is 58.6 Å². The molecule has 5 rings (SSSR count). The molecule has 2 aromatic heterocycles. The van der Waals surface area contributed by atoms with Crippen LogP contribution in [0.2, 0.25) is 0 Å². The molecule has 0 unspecified atom stereocenters. The van der Waals surface area contributed by atoms with Gasteiger partial charge >= 0.3 is 0 Å². The van der Waals surface area contributed by atoms with Gasteiger partial charge in [0.05, 0.1) is 11.2 Å². The Labute approximate surface area is 208 Å². The van der Waals surface area contributed by atoms with Crippen molar-refractivity contribution in [3.63, 3.8) is 0 Å². The summed E-state index contributed by atoms with van der Waals surface area (Å²) in [6.07, 6.45) is 1.67. The zero-order valence-corrected chi connectivity index (χ0v) is 21.3. The number of nitrogens with zero attached hydrogens (tertiary/aromatic N) is 7. The summed E-state index contributed by atoms with van der Waals surface area (Å²) in [5.74, 6) is 1.05. The van der Waals surface area contributed by atoms with E-state index in [1.54, 1.807) is 25.1 Å². The van der Waals surface area contributed by atoms with Crippen LogP contribution in [-0.2, 0) is 4.79 Å². The summed E-state index contributed by atoms with van der Waals surface area (Å²) in [5, 5.41) is 4.94. The fraction of sp³-hybridized carbons (Fsp3) is 0.375. The van der Waals surface area contributed by atoms with Crippen LogP contribution in [0, 0.1) is 13.8 Å². The number of piperazine rings is 1. The summed E-state index contributed by atoms with van der Waals surface area (Å²) in [6, 6.07) is 6.24. The summed E-state index contributed by atoms with van der Waals surface area (Å²) in [6.45, 7) is 8.67. The first-order valence-electron chi connectivity index (χ1n) is 11.5. The minimum atomic E-state index is -0.171. The molecular weight excluding hydrogens is 464 g/mol. The summed E-state index contributed by atoms with van der Waals surface area (Å²) in [5.41, 5.74) is 4.16. The van der Waals surface area contributed by atoms with Crippen LogP contribution in [0.15, 0.2) is 24.4 Å². The smallest absolute Gasteiger partial charge is 0.279 e. The Hall–Kier alpha value is -3.73. The molecule has 1 saturated heterocycles. The van der Waals surface area contributed by atoms with Gasteiger partial charge in [0.2, 0.25) is 11.9 Å². The maximum atomic E-state index is 12.9. The Morgan fingerprint density at radius 2 is 1.80 bits per heavy atom. The molecule has 35 heavy (non-hydrogen) atoms. The molecule has 10 nitrogen and oxygen atoms in total. The summed E-state index contributed by atoms with van der Waals surface area (Å²) < 4.78 is 0. The van der Waals surface area contributed by atoms with Crippen LogP contribution in [0.5, 0.6) is 0 Å². The van der Waals surface area contributed by atoms with Gasteiger partial charge in [-0.25, -0.2) is 9.97 Å². The van der Waals surface area contributed by atoms with Gasteiger partial charge in [-0.3, -0.25) is 9.59 Å². The van der Waals surface area contributed by atoms with Gasteiger partial charge in [0.15, 0.2) is 11.5 Å². The van der Waals surface area contributed by atoms with E-state index in [1.165, 1.54) is 11.3 Å². The second-order valence-corrected chi connectivity index (χ2v) is 10.0. The van der Waals surface area contributed by atoms with E-state index in [4.69, 9.17) is 4.98 Å². The summed E-state index contributed by atoms with van der Waals surface area (Å²) >= 11 is 1.47. The molecule has 1 N–H and O–H groups in total. The molecule has 0 atom stereocenters. The van der Waals surface area contributed by atoms with E-state index in [9.17, 15) is 9.59 Å². The molecule has 3 aromatic rings. The van der Waals surface area contributed by atoms with Crippen molar-refractivity contribution in [3.05, 3.63) is 40.7 Å². The number of nitrogens with one attached hydrogen (secondary N) is 1. The third-order valence-electron chi connectivity index (χ3n) is 6.50. The Morgan fingerprint density at radius 1 is 1.06 bits per heavy atom. The van der Waals surface area contributed by atoms with Crippen molar-refractivity contribution < 1.29 is 9.59 Å². The fourth-order valence-corrected chi connectivity index (χ4v) is 5.31. The number of fused-ring (bicyclic) bond motifs is 2. The number of carbonyl (C=O) groups is 2. The van der Waals surface area contributed by atoms with Gasteiger partial charge in [-0.2, -0.15) is 4.98 Å². The van der Waals surface area contributed by atoms with Crippen LogP contribution in [0.4, 0.5) is 33.8 Å². The first-order valence-corrected chi connectivity index (χ1v) is 12.3. The van der Waals surface area contributed by atoms with E-state index in [0.29, 0.717) is 23.1 Å². The molecule has 2 aliphatic heterocycles. The molecule has 0 radical (unpaired) electrons. The Kier molecular flexibility index (Phi) is 5.79. The minimum Gasteiger partial charge on any atom is -0.368 e. The molecule has 0 saturated carbocycles. The Balaban J connectivity index is 1.38. The highest BCUT2D eigenvalue weighted by Crippen LogP contribution is 2.41. The first-order chi connectivity index (χ1) is 16.7. The maximum Gasteiger partial charge on any atom is 0.279 e. The average molecular weight is 493 g/mol. The van der Waals surface area contributed by atoms with Gasteiger partial charge in [-0.15, -0.1) is 11.3 Å². The van der Waals surface area contributed by atoms with Gasteiger partial charge in [-0.1, -0.05) is 0 Å². The van der Waals surface area contributed by atoms with E-state index in [2.05, 4.69) is 32.3 Å². The van der Waals surface area contributed by atoms with Crippen molar-refractivity contribution in [1.29, 1.82) is 0 Å². The van der Waals surface area contributed by atoms with Crippen LogP contribution in [0.1, 0.15) is 28.0 Å². The zero-order valence-electron chi connectivity index (χ0n) is 20.5. The predicted molar refractivity (Wildman–Crippen MR) is 139 cm³/mol. The Morgan fingerprint density at radius 3 is 2.49 bits per heavy atom. The fourth-order valence-electron chi connectivity index (χ4n) is 4.44. The molecule has 0 spiro atoms. The molecule has 11 heteroatoms. The Bertz CT molecular complexity index is 1310. The second-order valence-electron chi connectivity index (χ2n) is 8.83. The third-order valence-corrected chi connectivity index (χ3v) is 7.55. The number of aryl methyl sites for hydroxylation is 2. The van der Waals surface area contributed by atoms with E-state index in [-0.39, 0.29) is 11.8 Å². The average Bonchev–Trinajstić information content (AvgIpc) is 3.22. The lowest BCUT2D eigenvalue weighted by Crippen LogP contribution is -2.48. The van der Waals surface area contributed by atoms with Crippen LogP contribution >= 0.6 is 11.3 Å². The summed E-state index contributed by atoms with van der Waals surface area (Å²) in [7, 11) is 3.61. The van der Waals surface area contributed by atoms with Crippen molar-refractivity contribution in [3.8, 4) is 0 Å². The molecule has 182 valence electrons. The highest BCUT2D eigenvalue weighted by Gasteiger charge is 2.32. The molecule has 2 amide bonds. The lowest BCUT2D eigenvalue weighted by atomic mass is 10.1. The molecule has 1 fully saturated rings. The van der Waals surface area contributed by atoms with E-state index < -0.39 is 0 Å². The highest BCUT2D eigenvalue weighted by atomic mass is 32.1. The van der Waals surface area contributed by atoms with Crippen molar-refractivity contribution in [2.45, 2.75) is 20.8 Å². The van der Waals surface area contributed by atoms with Crippen molar-refractivity contribution >= 4 is 57.0 Å². The molecular formula is C24H28N8O2S. The molecule has 0 bridgehead atoms. The van der Waals surface area contributed by atoms with Crippen molar-refractivity contribution in [2.75, 3.05) is 60.3 Å². The number of anilines is 6. The predicted octanol–water partition coefficient (Wildman–Crippen LogP) is 3.32. The minimum absolute atomic E-state index is 0.129. The topological polar surface area (TPSA) is 97.8 Å². The number of hydrogen-bond donors (Lipinski definition) is 1. The quantitative estimate of drug-likeness (QED) is 0.595. The zero-order chi connectivity index (χ0) is 24.9. The highest BCUT2D eigenvalue weighted by molar-refractivity contribution is 7.16. The van der Waals surface area contributed by atoms with Crippen LogP contribution in [-0.4, -0.2) is 71.9 Å². The van der Waals surface area contributed by atoms with Gasteiger partial charge < -0.3 is 24.9 Å². The summed E-state index contributed by atoms with van der Waals surface area (Å²) in [4.78, 5) is 45.9.